The highest BCUT2D eigenvalue weighted by molar-refractivity contribution is 6.62. The molecule has 1 aromatic carbocycles. The van der Waals surface area contributed by atoms with Crippen molar-refractivity contribution in [2.45, 2.75) is 45.8 Å². The Balaban J connectivity index is 2.41. The van der Waals surface area contributed by atoms with E-state index >= 15 is 0 Å². The summed E-state index contributed by atoms with van der Waals surface area (Å²) in [4.78, 5) is 0. The van der Waals surface area contributed by atoms with E-state index < -0.39 is 7.12 Å². The lowest BCUT2D eigenvalue weighted by Crippen LogP contribution is -2.41. The second-order valence-corrected chi connectivity index (χ2v) is 5.79. The first-order valence-corrected chi connectivity index (χ1v) is 6.13. The fraction of sp³-hybridized carbons (Fsp3) is 0.500. The molecule has 1 aliphatic rings. The Morgan fingerprint density at radius 3 is 2.17 bits per heavy atom. The number of benzene rings is 1. The SMILES string of the molecule is Cc1ccc(C#N)c(B2OC(C)(C)C(C)(C)O2)c1. The molecule has 0 N–H and O–H groups in total. The molecule has 94 valence electrons. The van der Waals surface area contributed by atoms with Crippen LogP contribution in [-0.4, -0.2) is 18.3 Å². The van der Waals surface area contributed by atoms with Crippen LogP contribution in [0.4, 0.5) is 0 Å². The highest BCUT2D eigenvalue weighted by Gasteiger charge is 2.52. The quantitative estimate of drug-likeness (QED) is 0.710. The lowest BCUT2D eigenvalue weighted by atomic mass is 9.75. The number of aryl methyl sites for hydroxylation is 1. The van der Waals surface area contributed by atoms with Crippen molar-refractivity contribution in [3.05, 3.63) is 29.3 Å². The normalized spacial score (nSPS) is 20.8. The van der Waals surface area contributed by atoms with Crippen LogP contribution in [0.5, 0.6) is 0 Å². The Hall–Kier alpha value is -1.31. The van der Waals surface area contributed by atoms with Gasteiger partial charge in [-0.25, -0.2) is 0 Å². The monoisotopic (exact) mass is 243 g/mol. The molecule has 18 heavy (non-hydrogen) atoms. The number of nitrogens with zero attached hydrogens (tertiary/aromatic N) is 1. The molecule has 1 aromatic rings. The van der Waals surface area contributed by atoms with Gasteiger partial charge in [-0.2, -0.15) is 5.26 Å². The highest BCUT2D eigenvalue weighted by Crippen LogP contribution is 2.36. The Morgan fingerprint density at radius 1 is 1.11 bits per heavy atom. The first kappa shape index (κ1) is 13.1. The van der Waals surface area contributed by atoms with Gasteiger partial charge >= 0.3 is 7.12 Å². The largest absolute Gasteiger partial charge is 0.496 e. The van der Waals surface area contributed by atoms with Gasteiger partial charge in [-0.1, -0.05) is 17.7 Å². The van der Waals surface area contributed by atoms with Crippen LogP contribution in [0, 0.1) is 18.3 Å². The van der Waals surface area contributed by atoms with Gasteiger partial charge in [0.1, 0.15) is 0 Å². The average molecular weight is 243 g/mol. The van der Waals surface area contributed by atoms with Gasteiger partial charge in [-0.15, -0.1) is 0 Å². The predicted molar refractivity (Wildman–Crippen MR) is 71.6 cm³/mol. The predicted octanol–water partition coefficient (Wildman–Crippen LogP) is 2.17. The average Bonchev–Trinajstić information content (AvgIpc) is 2.48. The highest BCUT2D eigenvalue weighted by atomic mass is 16.7. The molecule has 2 rings (SSSR count). The Bertz CT molecular complexity index is 501. The van der Waals surface area contributed by atoms with E-state index in [0.717, 1.165) is 11.0 Å². The van der Waals surface area contributed by atoms with Gasteiger partial charge in [0.05, 0.1) is 22.8 Å². The second-order valence-electron chi connectivity index (χ2n) is 5.79. The molecule has 0 saturated carbocycles. The molecule has 0 radical (unpaired) electrons. The fourth-order valence-corrected chi connectivity index (χ4v) is 1.95. The van der Waals surface area contributed by atoms with E-state index in [1.807, 2.05) is 52.8 Å². The van der Waals surface area contributed by atoms with Crippen molar-refractivity contribution in [2.75, 3.05) is 0 Å². The third-order valence-electron chi connectivity index (χ3n) is 3.83. The lowest BCUT2D eigenvalue weighted by Gasteiger charge is -2.32. The first-order valence-electron chi connectivity index (χ1n) is 6.13. The zero-order valence-electron chi connectivity index (χ0n) is 11.6. The minimum absolute atomic E-state index is 0.381. The van der Waals surface area contributed by atoms with E-state index in [1.54, 1.807) is 0 Å². The van der Waals surface area contributed by atoms with Gasteiger partial charge in [0.25, 0.3) is 0 Å². The molecule has 0 amide bonds. The van der Waals surface area contributed by atoms with E-state index in [-0.39, 0.29) is 11.2 Å². The maximum absolute atomic E-state index is 9.17. The fourth-order valence-electron chi connectivity index (χ4n) is 1.95. The Labute approximate surface area is 109 Å². The molecule has 0 atom stereocenters. The van der Waals surface area contributed by atoms with Gasteiger partial charge in [-0.05, 0) is 40.7 Å². The van der Waals surface area contributed by atoms with Crippen molar-refractivity contribution < 1.29 is 9.31 Å². The van der Waals surface area contributed by atoms with Crippen LogP contribution in [0.2, 0.25) is 0 Å². The number of rotatable bonds is 1. The van der Waals surface area contributed by atoms with Gasteiger partial charge in [0.15, 0.2) is 0 Å². The number of nitriles is 1. The van der Waals surface area contributed by atoms with E-state index in [0.29, 0.717) is 5.56 Å². The molecule has 0 unspecified atom stereocenters. The van der Waals surface area contributed by atoms with Crippen LogP contribution in [0.3, 0.4) is 0 Å². The van der Waals surface area contributed by atoms with Crippen molar-refractivity contribution in [1.82, 2.24) is 0 Å². The summed E-state index contributed by atoms with van der Waals surface area (Å²) in [6.07, 6.45) is 0. The summed E-state index contributed by atoms with van der Waals surface area (Å²) >= 11 is 0. The summed E-state index contributed by atoms with van der Waals surface area (Å²) in [5.41, 5.74) is 1.76. The van der Waals surface area contributed by atoms with Crippen molar-refractivity contribution in [1.29, 1.82) is 5.26 Å². The van der Waals surface area contributed by atoms with Crippen LogP contribution in [0.25, 0.3) is 0 Å². The molecule has 1 saturated heterocycles. The molecule has 1 aliphatic heterocycles. The van der Waals surface area contributed by atoms with E-state index in [9.17, 15) is 0 Å². The Morgan fingerprint density at radius 2 is 1.67 bits per heavy atom. The maximum Gasteiger partial charge on any atom is 0.496 e. The molecule has 0 aromatic heterocycles. The topological polar surface area (TPSA) is 42.2 Å². The summed E-state index contributed by atoms with van der Waals surface area (Å²) in [7, 11) is -0.468. The van der Waals surface area contributed by atoms with Crippen LogP contribution >= 0.6 is 0 Å². The minimum Gasteiger partial charge on any atom is -0.399 e. The third kappa shape index (κ3) is 2.05. The summed E-state index contributed by atoms with van der Waals surface area (Å²) < 4.78 is 11.9. The number of hydrogen-bond donors (Lipinski definition) is 0. The molecule has 4 heteroatoms. The van der Waals surface area contributed by atoms with Crippen LogP contribution in [0.15, 0.2) is 18.2 Å². The van der Waals surface area contributed by atoms with Crippen LogP contribution in [0.1, 0.15) is 38.8 Å². The molecular formula is C14H18BNO2. The van der Waals surface area contributed by atoms with E-state index in [2.05, 4.69) is 6.07 Å². The van der Waals surface area contributed by atoms with Gasteiger partial charge in [-0.3, -0.25) is 0 Å². The molecule has 3 nitrogen and oxygen atoms in total. The van der Waals surface area contributed by atoms with E-state index in [1.165, 1.54) is 0 Å². The third-order valence-corrected chi connectivity index (χ3v) is 3.83. The molecule has 0 aliphatic carbocycles. The van der Waals surface area contributed by atoms with Crippen LogP contribution < -0.4 is 5.46 Å². The van der Waals surface area contributed by atoms with Crippen LogP contribution in [-0.2, 0) is 9.31 Å². The van der Waals surface area contributed by atoms with Gasteiger partial charge < -0.3 is 9.31 Å². The summed E-state index contributed by atoms with van der Waals surface area (Å²) in [6, 6.07) is 7.89. The zero-order valence-corrected chi connectivity index (χ0v) is 11.6. The smallest absolute Gasteiger partial charge is 0.399 e. The minimum atomic E-state index is -0.468. The molecule has 1 heterocycles. The molecular weight excluding hydrogens is 225 g/mol. The Kier molecular flexibility index (Phi) is 3.00. The first-order chi connectivity index (χ1) is 8.27. The number of hydrogen-bond acceptors (Lipinski definition) is 3. The van der Waals surface area contributed by atoms with E-state index in [4.69, 9.17) is 14.6 Å². The van der Waals surface area contributed by atoms with Crippen molar-refractivity contribution in [3.8, 4) is 6.07 Å². The van der Waals surface area contributed by atoms with Crippen molar-refractivity contribution >= 4 is 12.6 Å². The van der Waals surface area contributed by atoms with Crippen molar-refractivity contribution in [2.24, 2.45) is 0 Å². The van der Waals surface area contributed by atoms with Gasteiger partial charge in [0.2, 0.25) is 0 Å². The lowest BCUT2D eigenvalue weighted by molar-refractivity contribution is 0.00578. The molecule has 0 spiro atoms. The van der Waals surface area contributed by atoms with Gasteiger partial charge in [0, 0.05) is 5.46 Å². The summed E-state index contributed by atoms with van der Waals surface area (Å²) in [6.45, 7) is 10.0. The maximum atomic E-state index is 9.17. The molecule has 0 bridgehead atoms. The zero-order chi connectivity index (χ0) is 13.6. The summed E-state index contributed by atoms with van der Waals surface area (Å²) in [5, 5.41) is 9.17. The standard InChI is InChI=1S/C14H18BNO2/c1-10-6-7-11(9-16)12(8-10)15-17-13(2,3)14(4,5)18-15/h6-8H,1-5H3. The summed E-state index contributed by atoms with van der Waals surface area (Å²) in [5.74, 6) is 0. The molecule has 1 fully saturated rings. The second kappa shape index (κ2) is 4.12. The van der Waals surface area contributed by atoms with Crippen molar-refractivity contribution in [3.63, 3.8) is 0 Å².